The summed E-state index contributed by atoms with van der Waals surface area (Å²) >= 11 is 0. The molecule has 1 aromatic heterocycles. The molecule has 1 amide bonds. The number of benzene rings is 2. The zero-order chi connectivity index (χ0) is 22.0. The number of hydrogen-bond acceptors (Lipinski definition) is 4. The maximum Gasteiger partial charge on any atom is 0.410 e. The predicted octanol–water partition coefficient (Wildman–Crippen LogP) is 5.23. The molecule has 5 nitrogen and oxygen atoms in total. The lowest BCUT2D eigenvalue weighted by Gasteiger charge is -2.26. The Morgan fingerprint density at radius 1 is 1.00 bits per heavy atom. The van der Waals surface area contributed by atoms with Gasteiger partial charge in [-0.3, -0.25) is 9.78 Å². The number of carbonyl (C=O) groups is 2. The maximum atomic E-state index is 12.9. The van der Waals surface area contributed by atoms with Crippen LogP contribution < -0.4 is 0 Å². The van der Waals surface area contributed by atoms with Gasteiger partial charge in [-0.1, -0.05) is 61.5 Å². The topological polar surface area (TPSA) is 59.5 Å². The van der Waals surface area contributed by atoms with Gasteiger partial charge >= 0.3 is 6.09 Å². The quantitative estimate of drug-likeness (QED) is 0.518. The molecule has 31 heavy (non-hydrogen) atoms. The summed E-state index contributed by atoms with van der Waals surface area (Å²) in [5.41, 5.74) is 6.02. The van der Waals surface area contributed by atoms with Gasteiger partial charge in [0.1, 0.15) is 12.3 Å². The van der Waals surface area contributed by atoms with Crippen LogP contribution in [-0.4, -0.2) is 41.5 Å². The molecular weight excluding hydrogens is 388 g/mol. The minimum atomic E-state index is -0.620. The highest BCUT2D eigenvalue weighted by Crippen LogP contribution is 2.44. The van der Waals surface area contributed by atoms with E-state index in [1.807, 2.05) is 44.2 Å². The van der Waals surface area contributed by atoms with Crippen LogP contribution in [0.5, 0.6) is 0 Å². The number of aryl methyl sites for hydroxylation is 1. The summed E-state index contributed by atoms with van der Waals surface area (Å²) in [6.07, 6.45) is 1.64. The van der Waals surface area contributed by atoms with Gasteiger partial charge in [-0.2, -0.15) is 0 Å². The van der Waals surface area contributed by atoms with Crippen molar-refractivity contribution in [3.05, 3.63) is 89.2 Å². The van der Waals surface area contributed by atoms with Gasteiger partial charge in [0.25, 0.3) is 0 Å². The molecule has 0 spiro atoms. The predicted molar refractivity (Wildman–Crippen MR) is 120 cm³/mol. The average Bonchev–Trinajstić information content (AvgIpc) is 3.12. The number of rotatable bonds is 6. The van der Waals surface area contributed by atoms with Gasteiger partial charge in [0.15, 0.2) is 0 Å². The number of amides is 1. The van der Waals surface area contributed by atoms with Gasteiger partial charge in [0.2, 0.25) is 5.78 Å². The molecule has 0 radical (unpaired) electrons. The summed E-state index contributed by atoms with van der Waals surface area (Å²) < 4.78 is 5.70. The molecule has 1 atom stereocenters. The number of likely N-dealkylation sites (N-methyl/N-ethyl adjacent to an activating group) is 1. The number of Topliss-reactive ketones (excluding diaryl/α,β-unsaturated/α-hetero) is 1. The van der Waals surface area contributed by atoms with E-state index in [4.69, 9.17) is 4.74 Å². The van der Waals surface area contributed by atoms with E-state index in [9.17, 15) is 9.59 Å². The largest absolute Gasteiger partial charge is 0.448 e. The van der Waals surface area contributed by atoms with E-state index < -0.39 is 12.1 Å². The van der Waals surface area contributed by atoms with Crippen LogP contribution in [0.3, 0.4) is 0 Å². The molecule has 0 fully saturated rings. The average molecular weight is 415 g/mol. The third kappa shape index (κ3) is 3.96. The van der Waals surface area contributed by atoms with Crippen LogP contribution in [0.1, 0.15) is 46.4 Å². The van der Waals surface area contributed by atoms with Crippen LogP contribution in [0, 0.1) is 6.92 Å². The maximum absolute atomic E-state index is 12.9. The van der Waals surface area contributed by atoms with Crippen LogP contribution in [-0.2, 0) is 4.74 Å². The van der Waals surface area contributed by atoms with Crippen molar-refractivity contribution in [1.29, 1.82) is 0 Å². The first-order valence-corrected chi connectivity index (χ1v) is 10.6. The minimum Gasteiger partial charge on any atom is -0.448 e. The first-order valence-electron chi connectivity index (χ1n) is 10.6. The second kappa shape index (κ2) is 8.72. The standard InChI is InChI=1S/C26H26N2O3/c1-4-24(25(29)23-14-13-17(2)15-27-23)28(3)26(30)31-16-22-20-11-7-5-9-18(20)19-10-6-8-12-21(19)22/h5-15,22,24H,4,16H2,1-3H3. The van der Waals surface area contributed by atoms with Crippen LogP contribution in [0.15, 0.2) is 66.9 Å². The molecule has 0 aliphatic heterocycles. The molecule has 1 aliphatic rings. The highest BCUT2D eigenvalue weighted by atomic mass is 16.6. The normalized spacial score (nSPS) is 13.3. The van der Waals surface area contributed by atoms with Crippen molar-refractivity contribution in [2.45, 2.75) is 32.2 Å². The SMILES string of the molecule is CCC(C(=O)c1ccc(C)cn1)N(C)C(=O)OCC1c2ccccc2-c2ccccc21. The van der Waals surface area contributed by atoms with Crippen molar-refractivity contribution in [3.63, 3.8) is 0 Å². The fraction of sp³-hybridized carbons (Fsp3) is 0.269. The molecule has 0 saturated carbocycles. The number of ether oxygens (including phenoxy) is 1. The Hall–Kier alpha value is -3.47. The Morgan fingerprint density at radius 3 is 2.16 bits per heavy atom. The monoisotopic (exact) mass is 414 g/mol. The molecular formula is C26H26N2O3. The number of fused-ring (bicyclic) bond motifs is 3. The van der Waals surface area contributed by atoms with Crippen LogP contribution >= 0.6 is 0 Å². The highest BCUT2D eigenvalue weighted by molar-refractivity contribution is 5.99. The Kier molecular flexibility index (Phi) is 5.85. The lowest BCUT2D eigenvalue weighted by Crippen LogP contribution is -2.43. The van der Waals surface area contributed by atoms with Crippen molar-refractivity contribution < 1.29 is 14.3 Å². The molecule has 1 heterocycles. The van der Waals surface area contributed by atoms with Crippen LogP contribution in [0.25, 0.3) is 11.1 Å². The van der Waals surface area contributed by atoms with E-state index in [2.05, 4.69) is 29.2 Å². The molecule has 2 aromatic carbocycles. The van der Waals surface area contributed by atoms with Crippen molar-refractivity contribution in [3.8, 4) is 11.1 Å². The minimum absolute atomic E-state index is 0.0145. The lowest BCUT2D eigenvalue weighted by molar-refractivity contribution is 0.0722. The summed E-state index contributed by atoms with van der Waals surface area (Å²) in [4.78, 5) is 31.4. The van der Waals surface area contributed by atoms with Crippen molar-refractivity contribution >= 4 is 11.9 Å². The molecule has 0 saturated heterocycles. The number of pyridine rings is 1. The first kappa shape index (κ1) is 20.8. The summed E-state index contributed by atoms with van der Waals surface area (Å²) in [7, 11) is 1.61. The number of hydrogen-bond donors (Lipinski definition) is 0. The molecule has 5 heteroatoms. The van der Waals surface area contributed by atoms with E-state index >= 15 is 0 Å². The van der Waals surface area contributed by atoms with Crippen molar-refractivity contribution in [2.24, 2.45) is 0 Å². The van der Waals surface area contributed by atoms with E-state index in [1.165, 1.54) is 16.0 Å². The summed E-state index contributed by atoms with van der Waals surface area (Å²) in [6, 6.07) is 19.3. The fourth-order valence-corrected chi connectivity index (χ4v) is 4.24. The van der Waals surface area contributed by atoms with Crippen LogP contribution in [0.2, 0.25) is 0 Å². The van der Waals surface area contributed by atoms with Gasteiger partial charge in [0, 0.05) is 19.2 Å². The number of aromatic nitrogens is 1. The summed E-state index contributed by atoms with van der Waals surface area (Å²) in [6.45, 7) is 4.02. The second-order valence-corrected chi connectivity index (χ2v) is 7.92. The molecule has 1 aliphatic carbocycles. The second-order valence-electron chi connectivity index (χ2n) is 7.92. The van der Waals surface area contributed by atoms with Gasteiger partial charge in [-0.05, 0) is 47.2 Å². The molecule has 0 N–H and O–H groups in total. The lowest BCUT2D eigenvalue weighted by atomic mass is 9.98. The number of ketones is 1. The van der Waals surface area contributed by atoms with E-state index in [0.29, 0.717) is 12.1 Å². The highest BCUT2D eigenvalue weighted by Gasteiger charge is 2.31. The molecule has 158 valence electrons. The number of carbonyl (C=O) groups excluding carboxylic acids is 2. The van der Waals surface area contributed by atoms with Gasteiger partial charge in [-0.25, -0.2) is 4.79 Å². The van der Waals surface area contributed by atoms with E-state index in [0.717, 1.165) is 16.7 Å². The molecule has 3 aromatic rings. The molecule has 0 bridgehead atoms. The van der Waals surface area contributed by atoms with Gasteiger partial charge in [-0.15, -0.1) is 0 Å². The Bertz CT molecular complexity index is 1060. The Morgan fingerprint density at radius 2 is 1.61 bits per heavy atom. The summed E-state index contributed by atoms with van der Waals surface area (Å²) in [5.74, 6) is -0.196. The van der Waals surface area contributed by atoms with Gasteiger partial charge < -0.3 is 9.64 Å². The zero-order valence-corrected chi connectivity index (χ0v) is 18.0. The zero-order valence-electron chi connectivity index (χ0n) is 18.0. The van der Waals surface area contributed by atoms with Crippen molar-refractivity contribution in [2.75, 3.05) is 13.7 Å². The van der Waals surface area contributed by atoms with E-state index in [1.54, 1.807) is 19.3 Å². The molecule has 4 rings (SSSR count). The summed E-state index contributed by atoms with van der Waals surface area (Å²) in [5, 5.41) is 0. The smallest absolute Gasteiger partial charge is 0.410 e. The van der Waals surface area contributed by atoms with Crippen molar-refractivity contribution in [1.82, 2.24) is 9.88 Å². The third-order valence-corrected chi connectivity index (χ3v) is 5.94. The first-order chi connectivity index (χ1) is 15.0. The molecule has 1 unspecified atom stereocenters. The van der Waals surface area contributed by atoms with Crippen LogP contribution in [0.4, 0.5) is 4.79 Å². The number of nitrogens with zero attached hydrogens (tertiary/aromatic N) is 2. The Labute approximate surface area is 182 Å². The Balaban J connectivity index is 1.48. The van der Waals surface area contributed by atoms with Gasteiger partial charge in [0.05, 0.1) is 6.04 Å². The third-order valence-electron chi connectivity index (χ3n) is 5.94. The van der Waals surface area contributed by atoms with E-state index in [-0.39, 0.29) is 18.3 Å². The fourth-order valence-electron chi connectivity index (χ4n) is 4.24.